The van der Waals surface area contributed by atoms with Crippen molar-refractivity contribution < 1.29 is 0 Å². The summed E-state index contributed by atoms with van der Waals surface area (Å²) in [7, 11) is 2.20. The number of likely N-dealkylation sites (tertiary alicyclic amines) is 1. The van der Waals surface area contributed by atoms with Crippen molar-refractivity contribution in [3.8, 4) is 0 Å². The number of hydrogen-bond donors (Lipinski definition) is 1. The number of aryl methyl sites for hydroxylation is 1. The van der Waals surface area contributed by atoms with Crippen LogP contribution in [0.1, 0.15) is 25.7 Å². The normalized spacial score (nSPS) is 22.5. The van der Waals surface area contributed by atoms with Crippen LogP contribution in [0.25, 0.3) is 0 Å². The zero-order valence-corrected chi connectivity index (χ0v) is 11.2. The quantitative estimate of drug-likeness (QED) is 0.915. The molecule has 1 unspecified atom stereocenters. The average Bonchev–Trinajstić information content (AvgIpc) is 2.56. The molecule has 6 heteroatoms. The molecule has 2 heterocycles. The highest BCUT2D eigenvalue weighted by atomic mass is 79.9. The Morgan fingerprint density at radius 3 is 2.94 bits per heavy atom. The molecular formula is C10H18BrN5. The lowest BCUT2D eigenvalue weighted by Gasteiger charge is -2.32. The van der Waals surface area contributed by atoms with Gasteiger partial charge in [0.25, 0.3) is 0 Å². The fourth-order valence-corrected chi connectivity index (χ4v) is 2.70. The van der Waals surface area contributed by atoms with Gasteiger partial charge in [0.05, 0.1) is 0 Å². The first-order valence-corrected chi connectivity index (χ1v) is 6.52. The van der Waals surface area contributed by atoms with Crippen LogP contribution in [0.4, 0.5) is 5.95 Å². The van der Waals surface area contributed by atoms with E-state index in [1.165, 1.54) is 25.8 Å². The monoisotopic (exact) mass is 287 g/mol. The Hall–Kier alpha value is -0.620. The number of halogens is 1. The third-order valence-corrected chi connectivity index (χ3v) is 3.83. The van der Waals surface area contributed by atoms with Crippen LogP contribution in [-0.4, -0.2) is 39.3 Å². The van der Waals surface area contributed by atoms with Crippen molar-refractivity contribution in [3.63, 3.8) is 0 Å². The molecule has 1 aliphatic rings. The number of nitrogens with two attached hydrogens (primary N) is 1. The summed E-state index contributed by atoms with van der Waals surface area (Å²) in [5, 5.41) is 4.14. The molecule has 1 saturated heterocycles. The van der Waals surface area contributed by atoms with Crippen LogP contribution in [0.2, 0.25) is 0 Å². The Balaban J connectivity index is 1.89. The lowest BCUT2D eigenvalue weighted by atomic mass is 10.0. The lowest BCUT2D eigenvalue weighted by Crippen LogP contribution is -2.36. The first-order valence-electron chi connectivity index (χ1n) is 5.73. The van der Waals surface area contributed by atoms with E-state index in [1.807, 2.05) is 4.68 Å². The maximum Gasteiger partial charge on any atom is 0.240 e. The minimum atomic E-state index is 0.337. The van der Waals surface area contributed by atoms with E-state index in [2.05, 4.69) is 38.0 Å². The Morgan fingerprint density at radius 1 is 1.50 bits per heavy atom. The smallest absolute Gasteiger partial charge is 0.240 e. The number of hydrogen-bond acceptors (Lipinski definition) is 4. The van der Waals surface area contributed by atoms with E-state index in [0.717, 1.165) is 17.7 Å². The molecule has 0 spiro atoms. The van der Waals surface area contributed by atoms with Gasteiger partial charge in [-0.25, -0.2) is 4.68 Å². The van der Waals surface area contributed by atoms with E-state index in [-0.39, 0.29) is 0 Å². The van der Waals surface area contributed by atoms with Gasteiger partial charge in [-0.2, -0.15) is 4.98 Å². The van der Waals surface area contributed by atoms with E-state index >= 15 is 0 Å². The number of nitrogens with zero attached hydrogens (tertiary/aromatic N) is 4. The van der Waals surface area contributed by atoms with E-state index < -0.39 is 0 Å². The molecule has 90 valence electrons. The molecule has 0 aromatic carbocycles. The molecule has 1 atom stereocenters. The lowest BCUT2D eigenvalue weighted by molar-refractivity contribution is 0.169. The highest BCUT2D eigenvalue weighted by Crippen LogP contribution is 2.19. The maximum absolute atomic E-state index is 5.53. The molecule has 1 aliphatic heterocycles. The fourth-order valence-electron chi connectivity index (χ4n) is 2.26. The number of aromatic nitrogens is 3. The van der Waals surface area contributed by atoms with E-state index in [1.54, 1.807) is 0 Å². The summed E-state index contributed by atoms with van der Waals surface area (Å²) in [6.45, 7) is 2.09. The molecule has 0 radical (unpaired) electrons. The van der Waals surface area contributed by atoms with Crippen LogP contribution in [0.15, 0.2) is 4.73 Å². The predicted octanol–water partition coefficient (Wildman–Crippen LogP) is 1.50. The third-order valence-electron chi connectivity index (χ3n) is 3.24. The van der Waals surface area contributed by atoms with Gasteiger partial charge < -0.3 is 10.6 Å². The predicted molar refractivity (Wildman–Crippen MR) is 67.0 cm³/mol. The van der Waals surface area contributed by atoms with E-state index in [4.69, 9.17) is 5.73 Å². The van der Waals surface area contributed by atoms with Gasteiger partial charge in [0, 0.05) is 12.6 Å². The molecule has 1 fully saturated rings. The molecule has 2 N–H and O–H groups in total. The van der Waals surface area contributed by atoms with Gasteiger partial charge in [0.15, 0.2) is 4.73 Å². The average molecular weight is 288 g/mol. The Morgan fingerprint density at radius 2 is 2.31 bits per heavy atom. The molecule has 5 nitrogen and oxygen atoms in total. The van der Waals surface area contributed by atoms with Gasteiger partial charge in [-0.15, -0.1) is 5.10 Å². The van der Waals surface area contributed by atoms with E-state index in [0.29, 0.717) is 12.0 Å². The Bertz CT molecular complexity index is 351. The van der Waals surface area contributed by atoms with Gasteiger partial charge in [-0.1, -0.05) is 6.42 Å². The van der Waals surface area contributed by atoms with Gasteiger partial charge in [0.1, 0.15) is 0 Å². The van der Waals surface area contributed by atoms with Crippen LogP contribution >= 0.6 is 15.9 Å². The maximum atomic E-state index is 5.53. The molecule has 0 amide bonds. The minimum absolute atomic E-state index is 0.337. The molecule has 0 bridgehead atoms. The van der Waals surface area contributed by atoms with Crippen molar-refractivity contribution in [2.24, 2.45) is 0 Å². The minimum Gasteiger partial charge on any atom is -0.366 e. The summed E-state index contributed by atoms with van der Waals surface area (Å²) in [5.74, 6) is 0.337. The second kappa shape index (κ2) is 5.14. The molecule has 1 aromatic heterocycles. The van der Waals surface area contributed by atoms with Gasteiger partial charge in [-0.3, -0.25) is 0 Å². The molecule has 1 aromatic rings. The highest BCUT2D eigenvalue weighted by Gasteiger charge is 2.19. The first-order chi connectivity index (χ1) is 7.66. The van der Waals surface area contributed by atoms with Crippen LogP contribution < -0.4 is 5.73 Å². The van der Waals surface area contributed by atoms with Crippen molar-refractivity contribution in [1.82, 2.24) is 19.7 Å². The van der Waals surface area contributed by atoms with Crippen LogP contribution in [0.3, 0.4) is 0 Å². The Kier molecular flexibility index (Phi) is 3.81. The van der Waals surface area contributed by atoms with Gasteiger partial charge >= 0.3 is 0 Å². The summed E-state index contributed by atoms with van der Waals surface area (Å²) in [6, 6.07) is 0.672. The molecule has 16 heavy (non-hydrogen) atoms. The summed E-state index contributed by atoms with van der Waals surface area (Å²) in [5.41, 5.74) is 5.53. The second-order valence-corrected chi connectivity index (χ2v) is 5.09. The van der Waals surface area contributed by atoms with Crippen LogP contribution in [-0.2, 0) is 6.54 Å². The SMILES string of the molecule is CN1CCCCC1CCn1nc(N)nc1Br. The fraction of sp³-hybridized carbons (Fsp3) is 0.800. The summed E-state index contributed by atoms with van der Waals surface area (Å²) < 4.78 is 2.56. The van der Waals surface area contributed by atoms with Crippen molar-refractivity contribution >= 4 is 21.9 Å². The second-order valence-electron chi connectivity index (χ2n) is 4.38. The largest absolute Gasteiger partial charge is 0.366 e. The van der Waals surface area contributed by atoms with Crippen molar-refractivity contribution in [1.29, 1.82) is 0 Å². The zero-order valence-electron chi connectivity index (χ0n) is 9.56. The van der Waals surface area contributed by atoms with Crippen molar-refractivity contribution in [3.05, 3.63) is 4.73 Å². The van der Waals surface area contributed by atoms with E-state index in [9.17, 15) is 0 Å². The zero-order chi connectivity index (χ0) is 11.5. The third kappa shape index (κ3) is 2.74. The number of nitrogen functional groups attached to an aromatic ring is 1. The Labute approximate surface area is 104 Å². The first kappa shape index (κ1) is 11.9. The van der Waals surface area contributed by atoms with Crippen LogP contribution in [0.5, 0.6) is 0 Å². The molecule has 0 aliphatic carbocycles. The summed E-state index contributed by atoms with van der Waals surface area (Å²) >= 11 is 3.35. The summed E-state index contributed by atoms with van der Waals surface area (Å²) in [4.78, 5) is 6.47. The molecular weight excluding hydrogens is 270 g/mol. The van der Waals surface area contributed by atoms with Gasteiger partial charge in [0.2, 0.25) is 5.95 Å². The van der Waals surface area contributed by atoms with Gasteiger partial charge in [-0.05, 0) is 48.8 Å². The number of piperidine rings is 1. The number of rotatable bonds is 3. The summed E-state index contributed by atoms with van der Waals surface area (Å²) in [6.07, 6.45) is 5.07. The number of anilines is 1. The van der Waals surface area contributed by atoms with Crippen molar-refractivity contribution in [2.45, 2.75) is 38.3 Å². The molecule has 0 saturated carbocycles. The standard InChI is InChI=1S/C10H18BrN5/c1-15-6-3-2-4-8(15)5-7-16-9(11)13-10(12)14-16/h8H,2-7H2,1H3,(H2,12,14). The molecule has 2 rings (SSSR count). The van der Waals surface area contributed by atoms with Crippen LogP contribution in [0, 0.1) is 0 Å². The topological polar surface area (TPSA) is 60.0 Å². The van der Waals surface area contributed by atoms with Crippen molar-refractivity contribution in [2.75, 3.05) is 19.3 Å². The highest BCUT2D eigenvalue weighted by molar-refractivity contribution is 9.10.